The van der Waals surface area contributed by atoms with Gasteiger partial charge >= 0.3 is 11.9 Å². The topological polar surface area (TPSA) is 111 Å². The van der Waals surface area contributed by atoms with Crippen molar-refractivity contribution in [2.75, 3.05) is 47.5 Å². The van der Waals surface area contributed by atoms with E-state index in [-0.39, 0.29) is 32.0 Å². The number of allylic oxidation sites excluding steroid dienone is 10. The van der Waals surface area contributed by atoms with Gasteiger partial charge in [-0.25, -0.2) is 0 Å². The highest BCUT2D eigenvalue weighted by Gasteiger charge is 2.22. The molecule has 76 heavy (non-hydrogen) atoms. The molecule has 0 bridgehead atoms. The molecular weight excluding hydrogens is 966 g/mol. The average molecular weight is 1090 g/mol. The Hall–Kier alpha value is -2.29. The Labute approximate surface area is 470 Å². The zero-order valence-corrected chi connectivity index (χ0v) is 51.3. The second-order valence-electron chi connectivity index (χ2n) is 22.8. The molecule has 0 heterocycles. The van der Waals surface area contributed by atoms with Crippen LogP contribution in [0, 0.1) is 0 Å². The van der Waals surface area contributed by atoms with Gasteiger partial charge in [0.2, 0.25) is 0 Å². The van der Waals surface area contributed by atoms with E-state index < -0.39 is 26.5 Å². The number of phosphoric acid groups is 1. The maximum atomic E-state index is 12.8. The summed E-state index contributed by atoms with van der Waals surface area (Å²) in [6, 6.07) is 0. The number of quaternary nitrogens is 1. The molecule has 444 valence electrons. The molecule has 0 aliphatic rings. The molecule has 0 radical (unpaired) electrons. The molecule has 0 N–H and O–H groups in total. The number of ether oxygens (including phenoxy) is 2. The fourth-order valence-corrected chi connectivity index (χ4v) is 9.89. The SMILES string of the molecule is CC/C=C\C/C=C\C/C=C\C/C=C\C/C=C\CCCCCCCCCCCCCCCC(=O)OC(COC(=O)CCCCCCCCCCCCCCCCCCCCCCCCC)COP(=O)([O-])OCC[N+](C)(C)C. The van der Waals surface area contributed by atoms with Gasteiger partial charge in [0.1, 0.15) is 19.8 Å². The van der Waals surface area contributed by atoms with Gasteiger partial charge in [-0.3, -0.25) is 14.2 Å². The second-order valence-corrected chi connectivity index (χ2v) is 24.2. The van der Waals surface area contributed by atoms with Gasteiger partial charge < -0.3 is 27.9 Å². The number of rotatable bonds is 59. The summed E-state index contributed by atoms with van der Waals surface area (Å²) in [5.74, 6) is -0.821. The lowest BCUT2D eigenvalue weighted by Crippen LogP contribution is -2.37. The van der Waals surface area contributed by atoms with Crippen molar-refractivity contribution < 1.29 is 42.1 Å². The molecule has 0 aliphatic heterocycles. The van der Waals surface area contributed by atoms with E-state index in [1.54, 1.807) is 0 Å². The fourth-order valence-electron chi connectivity index (χ4n) is 9.16. The van der Waals surface area contributed by atoms with Crippen molar-refractivity contribution in [1.29, 1.82) is 0 Å². The lowest BCUT2D eigenvalue weighted by molar-refractivity contribution is -0.870. The fraction of sp³-hybridized carbons (Fsp3) is 0.818. The molecule has 0 saturated carbocycles. The van der Waals surface area contributed by atoms with Crippen LogP contribution in [0.5, 0.6) is 0 Å². The predicted molar refractivity (Wildman–Crippen MR) is 323 cm³/mol. The molecule has 0 fully saturated rings. The number of nitrogens with zero attached hydrogens (tertiary/aromatic N) is 1. The summed E-state index contributed by atoms with van der Waals surface area (Å²) in [6.07, 6.45) is 74.2. The molecule has 0 spiro atoms. The van der Waals surface area contributed by atoms with Gasteiger partial charge in [-0.15, -0.1) is 0 Å². The summed E-state index contributed by atoms with van der Waals surface area (Å²) in [4.78, 5) is 38.0. The summed E-state index contributed by atoms with van der Waals surface area (Å²) in [6.45, 7) is 4.17. The summed E-state index contributed by atoms with van der Waals surface area (Å²) < 4.78 is 34.3. The zero-order valence-electron chi connectivity index (χ0n) is 50.5. The minimum absolute atomic E-state index is 0.0306. The van der Waals surface area contributed by atoms with Crippen molar-refractivity contribution >= 4 is 19.8 Å². The van der Waals surface area contributed by atoms with Crippen LogP contribution in [-0.2, 0) is 32.7 Å². The summed E-state index contributed by atoms with van der Waals surface area (Å²) in [7, 11) is 1.17. The van der Waals surface area contributed by atoms with E-state index in [0.717, 1.165) is 70.6 Å². The first-order valence-corrected chi connectivity index (χ1v) is 33.5. The number of likely N-dealkylation sites (N-methyl/N-ethyl adjacent to an activating group) is 1. The van der Waals surface area contributed by atoms with Crippen LogP contribution in [0.1, 0.15) is 296 Å². The first kappa shape index (κ1) is 73.7. The van der Waals surface area contributed by atoms with Crippen LogP contribution in [0.4, 0.5) is 0 Å². The number of carbonyl (C=O) groups excluding carboxylic acids is 2. The molecule has 0 amide bonds. The van der Waals surface area contributed by atoms with Crippen LogP contribution >= 0.6 is 7.82 Å². The predicted octanol–water partition coefficient (Wildman–Crippen LogP) is 19.6. The minimum Gasteiger partial charge on any atom is -0.756 e. The van der Waals surface area contributed by atoms with Crippen LogP contribution < -0.4 is 4.89 Å². The van der Waals surface area contributed by atoms with Gasteiger partial charge in [0.25, 0.3) is 7.82 Å². The minimum atomic E-state index is -4.64. The van der Waals surface area contributed by atoms with Crippen LogP contribution in [0.15, 0.2) is 60.8 Å². The molecule has 10 heteroatoms. The third kappa shape index (κ3) is 60.9. The molecule has 0 aromatic heterocycles. The smallest absolute Gasteiger partial charge is 0.306 e. The third-order valence-electron chi connectivity index (χ3n) is 14.1. The molecule has 2 unspecified atom stereocenters. The van der Waals surface area contributed by atoms with Crippen LogP contribution in [0.25, 0.3) is 0 Å². The number of hydrogen-bond donors (Lipinski definition) is 0. The average Bonchev–Trinajstić information content (AvgIpc) is 3.38. The number of unbranched alkanes of at least 4 members (excludes halogenated alkanes) is 35. The van der Waals surface area contributed by atoms with Crippen molar-refractivity contribution in [1.82, 2.24) is 0 Å². The molecule has 0 aromatic carbocycles. The Balaban J connectivity index is 4.08. The zero-order chi connectivity index (χ0) is 55.6. The van der Waals surface area contributed by atoms with Crippen molar-refractivity contribution in [3.8, 4) is 0 Å². The second kappa shape index (κ2) is 57.4. The maximum Gasteiger partial charge on any atom is 0.306 e. The van der Waals surface area contributed by atoms with E-state index in [4.69, 9.17) is 18.5 Å². The van der Waals surface area contributed by atoms with E-state index >= 15 is 0 Å². The highest BCUT2D eigenvalue weighted by molar-refractivity contribution is 7.45. The summed E-state index contributed by atoms with van der Waals surface area (Å²) in [5.41, 5.74) is 0. The largest absolute Gasteiger partial charge is 0.756 e. The normalized spacial score (nSPS) is 13.6. The summed E-state index contributed by atoms with van der Waals surface area (Å²) in [5, 5.41) is 0. The Morgan fingerprint density at radius 1 is 0.421 bits per heavy atom. The Morgan fingerprint density at radius 3 is 1.12 bits per heavy atom. The number of esters is 2. The molecule has 0 aromatic rings. The molecule has 2 atom stereocenters. The third-order valence-corrected chi connectivity index (χ3v) is 15.0. The molecule has 0 saturated heterocycles. The van der Waals surface area contributed by atoms with E-state index in [0.29, 0.717) is 17.4 Å². The highest BCUT2D eigenvalue weighted by Crippen LogP contribution is 2.38. The van der Waals surface area contributed by atoms with Gasteiger partial charge in [0.15, 0.2) is 6.10 Å². The Morgan fingerprint density at radius 2 is 0.750 bits per heavy atom. The van der Waals surface area contributed by atoms with Gasteiger partial charge in [-0.2, -0.15) is 0 Å². The monoisotopic (exact) mass is 1090 g/mol. The Bertz CT molecular complexity index is 1470. The van der Waals surface area contributed by atoms with Gasteiger partial charge in [-0.1, -0.05) is 286 Å². The highest BCUT2D eigenvalue weighted by atomic mass is 31.2. The van der Waals surface area contributed by atoms with E-state index in [1.807, 2.05) is 21.1 Å². The van der Waals surface area contributed by atoms with Crippen LogP contribution in [-0.4, -0.2) is 70.0 Å². The quantitative estimate of drug-likeness (QED) is 0.0195. The Kier molecular flexibility index (Phi) is 55.7. The summed E-state index contributed by atoms with van der Waals surface area (Å²) >= 11 is 0. The number of carbonyl (C=O) groups is 2. The van der Waals surface area contributed by atoms with Crippen LogP contribution in [0.2, 0.25) is 0 Å². The van der Waals surface area contributed by atoms with E-state index in [1.165, 1.54) is 193 Å². The lowest BCUT2D eigenvalue weighted by Gasteiger charge is -2.28. The number of hydrogen-bond acceptors (Lipinski definition) is 8. The van der Waals surface area contributed by atoms with Gasteiger partial charge in [0.05, 0.1) is 27.7 Å². The van der Waals surface area contributed by atoms with Crippen LogP contribution in [0.3, 0.4) is 0 Å². The standard InChI is InChI=1S/C66H122NO8P/c1-6-8-10-12-14-16-18-20-22-24-26-28-30-31-32-33-34-35-37-39-41-43-45-47-49-51-53-55-57-59-66(69)75-64(63-74-76(70,71)73-61-60-67(3,4)5)62-72-65(68)58-56-54-52-50-48-46-44-42-40-38-36-29-27-25-23-21-19-17-15-13-11-9-7-2/h8,10,14,16,20,22,26,28,31-32,64H,6-7,9,11-13,15,17-19,21,23-25,27,29-30,33-63H2,1-5H3/b10-8-,16-14-,22-20-,28-26-,32-31-. The first-order valence-electron chi connectivity index (χ1n) is 32.0. The van der Waals surface area contributed by atoms with Crippen molar-refractivity contribution in [2.24, 2.45) is 0 Å². The van der Waals surface area contributed by atoms with E-state index in [2.05, 4.69) is 74.6 Å². The molecule has 9 nitrogen and oxygen atoms in total. The lowest BCUT2D eigenvalue weighted by atomic mass is 10.0. The van der Waals surface area contributed by atoms with Gasteiger partial charge in [-0.05, 0) is 57.8 Å². The first-order chi connectivity index (χ1) is 37.0. The van der Waals surface area contributed by atoms with E-state index in [9.17, 15) is 19.0 Å². The maximum absolute atomic E-state index is 12.8. The van der Waals surface area contributed by atoms with Gasteiger partial charge in [0, 0.05) is 12.8 Å². The molecular formula is C66H122NO8P. The van der Waals surface area contributed by atoms with Crippen molar-refractivity contribution in [2.45, 2.75) is 302 Å². The molecule has 0 aliphatic carbocycles. The number of phosphoric ester groups is 1. The van der Waals surface area contributed by atoms with Crippen molar-refractivity contribution in [3.63, 3.8) is 0 Å². The van der Waals surface area contributed by atoms with Crippen molar-refractivity contribution in [3.05, 3.63) is 60.8 Å². The molecule has 0 rings (SSSR count).